The second kappa shape index (κ2) is 7.12. The number of rotatable bonds is 7. The molecule has 118 valence electrons. The second-order valence-electron chi connectivity index (χ2n) is 5.29. The number of Topliss-reactive ketones (excluding diaryl/α,β-unsaturated/α-hetero) is 1. The van der Waals surface area contributed by atoms with Crippen molar-refractivity contribution in [1.29, 1.82) is 0 Å². The fourth-order valence-electron chi connectivity index (χ4n) is 3.09. The highest BCUT2D eigenvalue weighted by molar-refractivity contribution is 6.03. The van der Waals surface area contributed by atoms with E-state index in [1.54, 1.807) is 6.92 Å². The monoisotopic (exact) mass is 297 g/mol. The molecule has 0 saturated carbocycles. The van der Waals surface area contributed by atoms with Crippen LogP contribution in [0.1, 0.15) is 56.5 Å². The van der Waals surface area contributed by atoms with Gasteiger partial charge in [0.2, 0.25) is 0 Å². The minimum atomic E-state index is -0.848. The van der Waals surface area contributed by atoms with E-state index in [0.29, 0.717) is 31.5 Å². The predicted molar refractivity (Wildman–Crippen MR) is 81.7 cm³/mol. The maximum Gasteiger partial charge on any atom is 0.188 e. The van der Waals surface area contributed by atoms with Gasteiger partial charge in [0.1, 0.15) is 11.6 Å². The van der Waals surface area contributed by atoms with Crippen molar-refractivity contribution in [3.8, 4) is 0 Å². The molecule has 0 heterocycles. The summed E-state index contributed by atoms with van der Waals surface area (Å²) in [6, 6.07) is 2.53. The molecule has 0 amide bonds. The van der Waals surface area contributed by atoms with E-state index >= 15 is 0 Å². The van der Waals surface area contributed by atoms with Gasteiger partial charge >= 0.3 is 0 Å². The number of carbonyl (C=O) groups excluding carboxylic acids is 1. The Bertz CT molecular complexity index is 506. The van der Waals surface area contributed by atoms with Crippen LogP contribution in [0.5, 0.6) is 0 Å². The lowest BCUT2D eigenvalue weighted by molar-refractivity contribution is 0.0526. The van der Waals surface area contributed by atoms with Gasteiger partial charge in [-0.2, -0.15) is 0 Å². The van der Waals surface area contributed by atoms with Crippen LogP contribution in [-0.2, 0) is 0 Å². The van der Waals surface area contributed by atoms with Crippen LogP contribution >= 0.6 is 0 Å². The Balaban J connectivity index is 3.47. The second-order valence-corrected chi connectivity index (χ2v) is 5.29. The Labute approximate surface area is 126 Å². The fraction of sp³-hybridized carbons (Fsp3) is 0.588. The van der Waals surface area contributed by atoms with Gasteiger partial charge in [0.15, 0.2) is 5.78 Å². The molecule has 0 aliphatic rings. The minimum absolute atomic E-state index is 0.292. The molecule has 0 radical (unpaired) electrons. The maximum atomic E-state index is 14.3. The molecule has 0 fully saturated rings. The van der Waals surface area contributed by atoms with Crippen LogP contribution in [0, 0.1) is 18.6 Å². The molecule has 1 aromatic carbocycles. The lowest BCUT2D eigenvalue weighted by atomic mass is 9.81. The average molecular weight is 297 g/mol. The van der Waals surface area contributed by atoms with Crippen LogP contribution in [-0.4, -0.2) is 29.3 Å². The smallest absolute Gasteiger partial charge is 0.188 e. The molecule has 0 saturated heterocycles. The zero-order chi connectivity index (χ0) is 16.2. The standard InChI is InChI=1S/C17H25F2NO/c1-6-17(7-2,20(8-3)9-4)16(21)14-13(18)11-10-12(5)15(14)19/h10-11H,6-9H2,1-5H3. The minimum Gasteiger partial charge on any atom is -0.292 e. The highest BCUT2D eigenvalue weighted by Gasteiger charge is 2.42. The van der Waals surface area contributed by atoms with Gasteiger partial charge in [0, 0.05) is 0 Å². The average Bonchev–Trinajstić information content (AvgIpc) is 2.49. The van der Waals surface area contributed by atoms with E-state index in [1.807, 2.05) is 32.6 Å². The third-order valence-corrected chi connectivity index (χ3v) is 4.47. The summed E-state index contributed by atoms with van der Waals surface area (Å²) in [7, 11) is 0. The number of likely N-dealkylation sites (N-methyl/N-ethyl adjacent to an activating group) is 1. The molecular formula is C17H25F2NO. The number of halogens is 2. The topological polar surface area (TPSA) is 20.3 Å². The Morgan fingerprint density at radius 2 is 1.62 bits per heavy atom. The molecule has 21 heavy (non-hydrogen) atoms. The van der Waals surface area contributed by atoms with Crippen LogP contribution in [0.3, 0.4) is 0 Å². The molecule has 0 N–H and O–H groups in total. The van der Waals surface area contributed by atoms with E-state index in [4.69, 9.17) is 0 Å². The molecule has 1 aromatic rings. The number of hydrogen-bond donors (Lipinski definition) is 0. The normalized spacial score (nSPS) is 12.0. The zero-order valence-electron chi connectivity index (χ0n) is 13.6. The number of hydrogen-bond acceptors (Lipinski definition) is 2. The summed E-state index contributed by atoms with van der Waals surface area (Å²) in [5.74, 6) is -1.96. The first-order valence-corrected chi connectivity index (χ1v) is 7.63. The Kier molecular flexibility index (Phi) is 6.02. The van der Waals surface area contributed by atoms with Crippen LogP contribution in [0.25, 0.3) is 0 Å². The highest BCUT2D eigenvalue weighted by Crippen LogP contribution is 2.31. The molecular weight excluding hydrogens is 272 g/mol. The summed E-state index contributed by atoms with van der Waals surface area (Å²) in [5, 5.41) is 0. The van der Waals surface area contributed by atoms with E-state index in [-0.39, 0.29) is 0 Å². The lowest BCUT2D eigenvalue weighted by Gasteiger charge is -2.41. The summed E-state index contributed by atoms with van der Waals surface area (Å²) in [6.07, 6.45) is 1.05. The molecule has 0 aromatic heterocycles. The van der Waals surface area contributed by atoms with Crippen molar-refractivity contribution in [3.05, 3.63) is 34.9 Å². The van der Waals surface area contributed by atoms with Crippen molar-refractivity contribution >= 4 is 5.78 Å². The van der Waals surface area contributed by atoms with Crippen molar-refractivity contribution in [1.82, 2.24) is 4.90 Å². The van der Waals surface area contributed by atoms with E-state index in [0.717, 1.165) is 0 Å². The predicted octanol–water partition coefficient (Wildman–Crippen LogP) is 4.36. The number of aryl methyl sites for hydroxylation is 1. The third kappa shape index (κ3) is 3.00. The SMILES string of the molecule is CCN(CC)C(CC)(CC)C(=O)c1c(F)ccc(C)c1F. The first kappa shape index (κ1) is 17.8. The molecule has 0 unspecified atom stereocenters. The summed E-state index contributed by atoms with van der Waals surface area (Å²) in [5.41, 5.74) is -0.954. The van der Waals surface area contributed by atoms with Crippen LogP contribution in [0.15, 0.2) is 12.1 Å². The first-order chi connectivity index (χ1) is 9.89. The molecule has 0 bridgehead atoms. The molecule has 4 heteroatoms. The Morgan fingerprint density at radius 1 is 1.10 bits per heavy atom. The molecule has 2 nitrogen and oxygen atoms in total. The van der Waals surface area contributed by atoms with Gasteiger partial charge in [-0.1, -0.05) is 33.8 Å². The first-order valence-electron chi connectivity index (χ1n) is 7.63. The Hall–Kier alpha value is -1.29. The largest absolute Gasteiger partial charge is 0.292 e. The van der Waals surface area contributed by atoms with Gasteiger partial charge in [0.05, 0.1) is 11.1 Å². The van der Waals surface area contributed by atoms with Gasteiger partial charge in [-0.25, -0.2) is 8.78 Å². The molecule has 1 rings (SSSR count). The number of benzene rings is 1. The number of ketones is 1. The maximum absolute atomic E-state index is 14.3. The van der Waals surface area contributed by atoms with Crippen molar-refractivity contribution in [2.45, 2.75) is 53.0 Å². The number of carbonyl (C=O) groups is 1. The summed E-state index contributed by atoms with van der Waals surface area (Å²) in [6.45, 7) is 10.6. The molecule has 0 aliphatic carbocycles. The van der Waals surface area contributed by atoms with Crippen LogP contribution in [0.2, 0.25) is 0 Å². The van der Waals surface area contributed by atoms with Crippen molar-refractivity contribution in [3.63, 3.8) is 0 Å². The molecule has 0 aliphatic heterocycles. The molecule has 0 atom stereocenters. The van der Waals surface area contributed by atoms with E-state index in [2.05, 4.69) is 0 Å². The van der Waals surface area contributed by atoms with Gasteiger partial charge in [-0.15, -0.1) is 0 Å². The van der Waals surface area contributed by atoms with Gasteiger partial charge in [0.25, 0.3) is 0 Å². The summed E-state index contributed by atoms with van der Waals surface area (Å²) < 4.78 is 28.4. The highest BCUT2D eigenvalue weighted by atomic mass is 19.1. The van der Waals surface area contributed by atoms with Crippen molar-refractivity contribution in [2.24, 2.45) is 0 Å². The van der Waals surface area contributed by atoms with Gasteiger partial charge < -0.3 is 0 Å². The van der Waals surface area contributed by atoms with Crippen LogP contribution in [0.4, 0.5) is 8.78 Å². The van der Waals surface area contributed by atoms with E-state index < -0.39 is 28.5 Å². The molecule has 0 spiro atoms. The summed E-state index contributed by atoms with van der Waals surface area (Å²) in [4.78, 5) is 15.0. The fourth-order valence-corrected chi connectivity index (χ4v) is 3.09. The quantitative estimate of drug-likeness (QED) is 0.697. The van der Waals surface area contributed by atoms with Gasteiger partial charge in [-0.05, 0) is 44.5 Å². The van der Waals surface area contributed by atoms with Crippen molar-refractivity contribution < 1.29 is 13.6 Å². The Morgan fingerprint density at radius 3 is 2.05 bits per heavy atom. The van der Waals surface area contributed by atoms with Gasteiger partial charge in [-0.3, -0.25) is 9.69 Å². The van der Waals surface area contributed by atoms with Crippen LogP contribution < -0.4 is 0 Å². The zero-order valence-corrected chi connectivity index (χ0v) is 13.6. The third-order valence-electron chi connectivity index (χ3n) is 4.47. The van der Waals surface area contributed by atoms with E-state index in [9.17, 15) is 13.6 Å². The van der Waals surface area contributed by atoms with Crippen molar-refractivity contribution in [2.75, 3.05) is 13.1 Å². The summed E-state index contributed by atoms with van der Waals surface area (Å²) >= 11 is 0. The van der Waals surface area contributed by atoms with E-state index in [1.165, 1.54) is 12.1 Å². The number of nitrogens with zero attached hydrogens (tertiary/aromatic N) is 1. The lowest BCUT2D eigenvalue weighted by Crippen LogP contribution is -2.54.